The molecule has 2 aromatic carbocycles. The van der Waals surface area contributed by atoms with E-state index in [0.29, 0.717) is 29.3 Å². The molecule has 1 saturated heterocycles. The number of nitrogens with one attached hydrogen (secondary N) is 2. The van der Waals surface area contributed by atoms with Crippen LogP contribution in [-0.4, -0.2) is 38.0 Å². The van der Waals surface area contributed by atoms with Gasteiger partial charge in [-0.05, 0) is 42.8 Å². The molecule has 152 valence electrons. The Kier molecular flexibility index (Phi) is 6.33. The highest BCUT2D eigenvalue weighted by atomic mass is 16.5. The molecule has 2 N–H and O–H groups in total. The third-order valence-corrected chi connectivity index (χ3v) is 4.40. The Labute approximate surface area is 168 Å². The zero-order valence-electron chi connectivity index (χ0n) is 16.4. The second-order valence-electron chi connectivity index (χ2n) is 6.57. The van der Waals surface area contributed by atoms with Crippen LogP contribution in [0.2, 0.25) is 0 Å². The number of hydrogen-bond acceptors (Lipinski definition) is 5. The Morgan fingerprint density at radius 2 is 1.76 bits per heavy atom. The van der Waals surface area contributed by atoms with Crippen LogP contribution in [0.4, 0.5) is 17.1 Å². The molecule has 0 bridgehead atoms. The van der Waals surface area contributed by atoms with E-state index in [4.69, 9.17) is 9.47 Å². The van der Waals surface area contributed by atoms with Gasteiger partial charge in [0.05, 0.1) is 18.5 Å². The number of nitrogens with zero attached hydrogens (tertiary/aromatic N) is 1. The summed E-state index contributed by atoms with van der Waals surface area (Å²) < 4.78 is 10.7. The third kappa shape index (κ3) is 5.25. The van der Waals surface area contributed by atoms with E-state index in [1.54, 1.807) is 47.4 Å². The standard InChI is InChI=1S/C21H23N3O5/c1-14(25)22-18-10-9-17(28-2)12-19(18)23-20(26)13-29-16-7-5-15(6-8-16)24-11-3-4-21(24)27/h5-10,12H,3-4,11,13H2,1-2H3,(H,22,25)(H,23,26). The van der Waals surface area contributed by atoms with E-state index < -0.39 is 0 Å². The second kappa shape index (κ2) is 9.09. The van der Waals surface area contributed by atoms with Crippen molar-refractivity contribution in [3.8, 4) is 11.5 Å². The first-order valence-electron chi connectivity index (χ1n) is 9.25. The Bertz CT molecular complexity index is 911. The molecule has 8 nitrogen and oxygen atoms in total. The Balaban J connectivity index is 1.60. The van der Waals surface area contributed by atoms with Crippen LogP contribution in [0.5, 0.6) is 11.5 Å². The molecule has 2 aromatic rings. The average Bonchev–Trinajstić information content (AvgIpc) is 3.13. The lowest BCUT2D eigenvalue weighted by Crippen LogP contribution is -2.23. The van der Waals surface area contributed by atoms with Gasteiger partial charge in [-0.1, -0.05) is 0 Å². The van der Waals surface area contributed by atoms with E-state index in [1.165, 1.54) is 14.0 Å². The van der Waals surface area contributed by atoms with Crippen LogP contribution in [0.25, 0.3) is 0 Å². The van der Waals surface area contributed by atoms with E-state index in [2.05, 4.69) is 10.6 Å². The number of methoxy groups -OCH3 is 1. The molecule has 0 atom stereocenters. The molecule has 3 amide bonds. The summed E-state index contributed by atoms with van der Waals surface area (Å²) in [5.74, 6) is 0.541. The first-order valence-corrected chi connectivity index (χ1v) is 9.25. The summed E-state index contributed by atoms with van der Waals surface area (Å²) in [4.78, 5) is 37.2. The molecule has 0 aliphatic carbocycles. The van der Waals surface area contributed by atoms with Crippen molar-refractivity contribution in [2.24, 2.45) is 0 Å². The predicted octanol–water partition coefficient (Wildman–Crippen LogP) is 2.80. The minimum Gasteiger partial charge on any atom is -0.497 e. The van der Waals surface area contributed by atoms with Gasteiger partial charge in [0, 0.05) is 31.6 Å². The van der Waals surface area contributed by atoms with Gasteiger partial charge in [-0.25, -0.2) is 0 Å². The van der Waals surface area contributed by atoms with Crippen molar-refractivity contribution in [1.29, 1.82) is 0 Å². The SMILES string of the molecule is COc1ccc(NC(C)=O)c(NC(=O)COc2ccc(N3CCCC3=O)cc2)c1. The number of carbonyl (C=O) groups excluding carboxylic acids is 3. The number of amides is 3. The van der Waals surface area contributed by atoms with Gasteiger partial charge in [0.15, 0.2) is 6.61 Å². The highest BCUT2D eigenvalue weighted by Gasteiger charge is 2.21. The lowest BCUT2D eigenvalue weighted by atomic mass is 10.2. The quantitative estimate of drug-likeness (QED) is 0.749. The smallest absolute Gasteiger partial charge is 0.262 e. The number of carbonyl (C=O) groups is 3. The molecule has 1 heterocycles. The Morgan fingerprint density at radius 3 is 2.38 bits per heavy atom. The molecule has 0 aromatic heterocycles. The maximum Gasteiger partial charge on any atom is 0.262 e. The van der Waals surface area contributed by atoms with Crippen molar-refractivity contribution in [3.63, 3.8) is 0 Å². The average molecular weight is 397 g/mol. The van der Waals surface area contributed by atoms with Crippen LogP contribution in [0.3, 0.4) is 0 Å². The number of rotatable bonds is 7. The summed E-state index contributed by atoms with van der Waals surface area (Å²) in [5.41, 5.74) is 1.70. The predicted molar refractivity (Wildman–Crippen MR) is 109 cm³/mol. The number of hydrogen-bond donors (Lipinski definition) is 2. The third-order valence-electron chi connectivity index (χ3n) is 4.40. The molecule has 0 unspecified atom stereocenters. The molecule has 0 radical (unpaired) electrons. The first kappa shape index (κ1) is 20.2. The molecule has 1 aliphatic rings. The first-order chi connectivity index (χ1) is 14.0. The number of anilines is 3. The van der Waals surface area contributed by atoms with E-state index in [-0.39, 0.29) is 24.3 Å². The zero-order valence-corrected chi connectivity index (χ0v) is 16.4. The molecule has 29 heavy (non-hydrogen) atoms. The summed E-state index contributed by atoms with van der Waals surface area (Å²) >= 11 is 0. The topological polar surface area (TPSA) is 97.0 Å². The van der Waals surface area contributed by atoms with E-state index >= 15 is 0 Å². The van der Waals surface area contributed by atoms with Crippen molar-refractivity contribution >= 4 is 34.8 Å². The van der Waals surface area contributed by atoms with Crippen molar-refractivity contribution in [1.82, 2.24) is 0 Å². The minimum absolute atomic E-state index is 0.117. The monoisotopic (exact) mass is 397 g/mol. The second-order valence-corrected chi connectivity index (χ2v) is 6.57. The van der Waals surface area contributed by atoms with Crippen LogP contribution in [0, 0.1) is 0 Å². The van der Waals surface area contributed by atoms with E-state index in [1.807, 2.05) is 0 Å². The summed E-state index contributed by atoms with van der Waals surface area (Å²) in [6.07, 6.45) is 1.44. The van der Waals surface area contributed by atoms with Crippen LogP contribution in [-0.2, 0) is 14.4 Å². The summed E-state index contributed by atoms with van der Waals surface area (Å²) in [5, 5.41) is 5.37. The maximum absolute atomic E-state index is 12.3. The molecular weight excluding hydrogens is 374 g/mol. The minimum atomic E-state index is -0.386. The van der Waals surface area contributed by atoms with Gasteiger partial charge in [-0.3, -0.25) is 14.4 Å². The highest BCUT2D eigenvalue weighted by molar-refractivity contribution is 5.99. The molecule has 1 aliphatic heterocycles. The van der Waals surface area contributed by atoms with Gasteiger partial charge in [-0.2, -0.15) is 0 Å². The summed E-state index contributed by atoms with van der Waals surface area (Å²) in [7, 11) is 1.52. The highest BCUT2D eigenvalue weighted by Crippen LogP contribution is 2.27. The van der Waals surface area contributed by atoms with Gasteiger partial charge in [0.2, 0.25) is 11.8 Å². The fourth-order valence-corrected chi connectivity index (χ4v) is 3.03. The zero-order chi connectivity index (χ0) is 20.8. The molecule has 8 heteroatoms. The fourth-order valence-electron chi connectivity index (χ4n) is 3.03. The summed E-state index contributed by atoms with van der Waals surface area (Å²) in [6.45, 7) is 1.90. The Hall–Kier alpha value is -3.55. The molecule has 3 rings (SSSR count). The normalized spacial score (nSPS) is 13.2. The van der Waals surface area contributed by atoms with Gasteiger partial charge in [0.25, 0.3) is 5.91 Å². The lowest BCUT2D eigenvalue weighted by Gasteiger charge is -2.16. The Morgan fingerprint density at radius 1 is 1.03 bits per heavy atom. The van der Waals surface area contributed by atoms with Crippen molar-refractivity contribution in [2.75, 3.05) is 35.8 Å². The van der Waals surface area contributed by atoms with E-state index in [0.717, 1.165) is 18.7 Å². The molecule has 0 saturated carbocycles. The van der Waals surface area contributed by atoms with Crippen molar-refractivity contribution in [2.45, 2.75) is 19.8 Å². The number of benzene rings is 2. The molecular formula is C21H23N3O5. The van der Waals surface area contributed by atoms with E-state index in [9.17, 15) is 14.4 Å². The fraction of sp³-hybridized carbons (Fsp3) is 0.286. The van der Waals surface area contributed by atoms with Gasteiger partial charge in [0.1, 0.15) is 11.5 Å². The van der Waals surface area contributed by atoms with Crippen LogP contribution >= 0.6 is 0 Å². The van der Waals surface area contributed by atoms with Gasteiger partial charge in [-0.15, -0.1) is 0 Å². The van der Waals surface area contributed by atoms with Crippen molar-refractivity contribution < 1.29 is 23.9 Å². The largest absolute Gasteiger partial charge is 0.497 e. The molecule has 1 fully saturated rings. The summed E-state index contributed by atoms with van der Waals surface area (Å²) in [6, 6.07) is 12.0. The van der Waals surface area contributed by atoms with Gasteiger partial charge >= 0.3 is 0 Å². The van der Waals surface area contributed by atoms with Crippen LogP contribution in [0.1, 0.15) is 19.8 Å². The lowest BCUT2D eigenvalue weighted by molar-refractivity contribution is -0.118. The molecule has 0 spiro atoms. The number of ether oxygens (including phenoxy) is 2. The van der Waals surface area contributed by atoms with Crippen molar-refractivity contribution in [3.05, 3.63) is 42.5 Å². The maximum atomic E-state index is 12.3. The van der Waals surface area contributed by atoms with Crippen LogP contribution in [0.15, 0.2) is 42.5 Å². The van der Waals surface area contributed by atoms with Crippen LogP contribution < -0.4 is 25.0 Å². The van der Waals surface area contributed by atoms with Gasteiger partial charge < -0.3 is 25.0 Å².